The quantitative estimate of drug-likeness (QED) is 0.472. The van der Waals surface area contributed by atoms with E-state index in [-0.39, 0.29) is 29.3 Å². The van der Waals surface area contributed by atoms with Gasteiger partial charge < -0.3 is 4.74 Å². The number of hydrogen-bond donors (Lipinski definition) is 0. The summed E-state index contributed by atoms with van der Waals surface area (Å²) >= 11 is 0. The van der Waals surface area contributed by atoms with Gasteiger partial charge in [-0.15, -0.1) is 0 Å². The largest absolute Gasteiger partial charge is 0.474 e. The Morgan fingerprint density at radius 3 is 2.67 bits per heavy atom. The van der Waals surface area contributed by atoms with Crippen molar-refractivity contribution < 1.29 is 9.53 Å². The molecule has 0 radical (unpaired) electrons. The summed E-state index contributed by atoms with van der Waals surface area (Å²) in [6.45, 7) is 6.07. The van der Waals surface area contributed by atoms with Crippen LogP contribution in [-0.4, -0.2) is 26.8 Å². The number of ether oxygens (including phenoxy) is 1. The smallest absolute Gasteiger partial charge is 0.220 e. The van der Waals surface area contributed by atoms with Crippen LogP contribution in [0.25, 0.3) is 22.3 Å². The summed E-state index contributed by atoms with van der Waals surface area (Å²) in [4.78, 5) is 27.8. The van der Waals surface area contributed by atoms with Gasteiger partial charge in [-0.2, -0.15) is 10.2 Å². The second-order valence-electron chi connectivity index (χ2n) is 10.8. The first-order valence-electron chi connectivity index (χ1n) is 13.0. The van der Waals surface area contributed by atoms with E-state index in [1.54, 1.807) is 0 Å². The van der Waals surface area contributed by atoms with E-state index >= 15 is 0 Å². The molecule has 6 heteroatoms. The Kier molecular flexibility index (Phi) is 5.40. The minimum absolute atomic E-state index is 0.0594. The highest BCUT2D eigenvalue weighted by Crippen LogP contribution is 2.51. The molecular weight excluding hydrogens is 448 g/mol. The summed E-state index contributed by atoms with van der Waals surface area (Å²) in [5, 5.41) is 10.7. The van der Waals surface area contributed by atoms with Crippen molar-refractivity contribution in [2.75, 3.05) is 0 Å². The Labute approximate surface area is 211 Å². The van der Waals surface area contributed by atoms with Crippen molar-refractivity contribution in [1.82, 2.24) is 15.0 Å². The number of fused-ring (bicyclic) bond motifs is 4. The molecule has 3 aliphatic carbocycles. The molecule has 2 aromatic heterocycles. The molecule has 0 amide bonds. The van der Waals surface area contributed by atoms with Gasteiger partial charge in [-0.05, 0) is 63.5 Å². The van der Waals surface area contributed by atoms with Crippen LogP contribution in [0.1, 0.15) is 62.9 Å². The maximum Gasteiger partial charge on any atom is 0.220 e. The summed E-state index contributed by atoms with van der Waals surface area (Å²) in [7, 11) is 0. The van der Waals surface area contributed by atoms with Crippen molar-refractivity contribution in [3.8, 4) is 23.3 Å². The van der Waals surface area contributed by atoms with E-state index in [1.807, 2.05) is 44.2 Å². The number of pyridine rings is 1. The van der Waals surface area contributed by atoms with Gasteiger partial charge in [0.25, 0.3) is 0 Å². The summed E-state index contributed by atoms with van der Waals surface area (Å²) in [6, 6.07) is 12.2. The highest BCUT2D eigenvalue weighted by Gasteiger charge is 2.50. The molecule has 3 atom stereocenters. The number of benzene rings is 1. The van der Waals surface area contributed by atoms with E-state index in [4.69, 9.17) is 19.7 Å². The van der Waals surface area contributed by atoms with Gasteiger partial charge in [0.05, 0.1) is 16.8 Å². The second-order valence-corrected chi connectivity index (χ2v) is 10.8. The Hall–Kier alpha value is -3.59. The lowest BCUT2D eigenvalue weighted by Crippen LogP contribution is -2.46. The lowest BCUT2D eigenvalue weighted by Gasteiger charge is -2.45. The van der Waals surface area contributed by atoms with Gasteiger partial charge in [0.15, 0.2) is 11.6 Å². The number of nitrogens with zero attached hydrogens (tertiary/aromatic N) is 4. The fourth-order valence-corrected chi connectivity index (χ4v) is 6.62. The molecule has 1 saturated carbocycles. The van der Waals surface area contributed by atoms with Gasteiger partial charge in [-0.1, -0.05) is 38.1 Å². The van der Waals surface area contributed by atoms with Crippen LogP contribution in [0.15, 0.2) is 42.0 Å². The summed E-state index contributed by atoms with van der Waals surface area (Å²) < 4.78 is 6.58. The average Bonchev–Trinajstić information content (AvgIpc) is 3.39. The van der Waals surface area contributed by atoms with Gasteiger partial charge in [0.2, 0.25) is 5.88 Å². The van der Waals surface area contributed by atoms with Crippen molar-refractivity contribution in [2.24, 2.45) is 11.8 Å². The predicted molar refractivity (Wildman–Crippen MR) is 137 cm³/mol. The lowest BCUT2D eigenvalue weighted by molar-refractivity contribution is -0.121. The zero-order chi connectivity index (χ0) is 25.0. The van der Waals surface area contributed by atoms with Crippen molar-refractivity contribution in [3.05, 3.63) is 58.9 Å². The Bertz CT molecular complexity index is 1460. The maximum absolute atomic E-state index is 12.9. The van der Waals surface area contributed by atoms with Gasteiger partial charge in [0.1, 0.15) is 12.2 Å². The Balaban J connectivity index is 1.61. The molecule has 2 heterocycles. The highest BCUT2D eigenvalue weighted by molar-refractivity contribution is 6.02. The van der Waals surface area contributed by atoms with E-state index in [0.29, 0.717) is 11.7 Å². The number of nitriles is 1. The van der Waals surface area contributed by atoms with Crippen LogP contribution in [0.5, 0.6) is 5.88 Å². The second kappa shape index (κ2) is 8.51. The molecule has 36 heavy (non-hydrogen) atoms. The third-order valence-electron chi connectivity index (χ3n) is 8.47. The van der Waals surface area contributed by atoms with E-state index in [9.17, 15) is 10.1 Å². The van der Waals surface area contributed by atoms with Crippen LogP contribution in [-0.2, 0) is 16.6 Å². The lowest BCUT2D eigenvalue weighted by atomic mass is 9.58. The Morgan fingerprint density at radius 2 is 1.89 bits per heavy atom. The molecular formula is C30H30N4O2. The number of rotatable bonds is 3. The maximum atomic E-state index is 12.9. The SMILES string of the molecule is Cc1cc(-c2nc(OC3CCCC3)c3c(n2)[C@]2(C)C=C(C#N)C(=O)C(C)C2CC3)c2ccccc2n1. The average molecular weight is 479 g/mol. The zero-order valence-corrected chi connectivity index (χ0v) is 21.0. The van der Waals surface area contributed by atoms with Crippen LogP contribution in [0.3, 0.4) is 0 Å². The predicted octanol–water partition coefficient (Wildman–Crippen LogP) is 5.81. The number of carbonyl (C=O) groups excluding carboxylic acids is 1. The molecule has 6 nitrogen and oxygen atoms in total. The van der Waals surface area contributed by atoms with Gasteiger partial charge in [-0.25, -0.2) is 4.98 Å². The number of ketones is 1. The van der Waals surface area contributed by atoms with E-state index in [1.165, 1.54) is 12.8 Å². The first kappa shape index (κ1) is 22.8. The summed E-state index contributed by atoms with van der Waals surface area (Å²) in [5.74, 6) is 1.06. The highest BCUT2D eigenvalue weighted by atomic mass is 16.5. The minimum Gasteiger partial charge on any atom is -0.474 e. The molecule has 0 aliphatic heterocycles. The zero-order valence-electron chi connectivity index (χ0n) is 21.0. The number of hydrogen-bond acceptors (Lipinski definition) is 6. The topological polar surface area (TPSA) is 88.8 Å². The van der Waals surface area contributed by atoms with Crippen molar-refractivity contribution in [1.29, 1.82) is 5.26 Å². The van der Waals surface area contributed by atoms with Crippen LogP contribution in [0.4, 0.5) is 0 Å². The summed E-state index contributed by atoms with van der Waals surface area (Å²) in [5.41, 5.74) is 4.33. The van der Waals surface area contributed by atoms with Crippen LogP contribution in [0, 0.1) is 30.1 Å². The molecule has 182 valence electrons. The van der Waals surface area contributed by atoms with Crippen LogP contribution < -0.4 is 4.74 Å². The number of carbonyl (C=O) groups is 1. The fraction of sp³-hybridized carbons (Fsp3) is 0.433. The molecule has 0 spiro atoms. The van der Waals surface area contributed by atoms with Crippen molar-refractivity contribution in [3.63, 3.8) is 0 Å². The van der Waals surface area contributed by atoms with E-state index < -0.39 is 5.41 Å². The number of aromatic nitrogens is 3. The third kappa shape index (κ3) is 3.52. The minimum atomic E-state index is -0.546. The molecule has 0 bridgehead atoms. The first-order valence-corrected chi connectivity index (χ1v) is 13.0. The first-order chi connectivity index (χ1) is 17.4. The van der Waals surface area contributed by atoms with Crippen LogP contribution in [0.2, 0.25) is 0 Å². The van der Waals surface area contributed by atoms with Crippen molar-refractivity contribution in [2.45, 2.75) is 70.8 Å². The standard InChI is InChI=1S/C30H30N4O2/c1-17-14-23(21-10-6-7-11-25(21)32-17)28-33-27-22(29(34-28)36-20-8-4-5-9-20)12-13-24-18(2)26(35)19(16-31)15-30(24,27)3/h6-7,10-11,14-15,18,20,24H,4-5,8-9,12-13H2,1-3H3/t18?,24?,30-/m1/s1. The van der Waals surface area contributed by atoms with E-state index in [2.05, 4.69) is 19.1 Å². The van der Waals surface area contributed by atoms with Gasteiger partial charge in [0, 0.05) is 33.5 Å². The molecule has 3 aliphatic rings. The number of Topliss-reactive ketones (excluding diaryl/α,β-unsaturated/α-hetero) is 1. The molecule has 0 saturated heterocycles. The number of para-hydroxylation sites is 1. The number of allylic oxidation sites excluding steroid dienone is 2. The fourth-order valence-electron chi connectivity index (χ4n) is 6.62. The van der Waals surface area contributed by atoms with Gasteiger partial charge >= 0.3 is 0 Å². The third-order valence-corrected chi connectivity index (χ3v) is 8.47. The molecule has 1 aromatic carbocycles. The normalized spacial score (nSPS) is 25.7. The van der Waals surface area contributed by atoms with Crippen molar-refractivity contribution >= 4 is 16.7 Å². The van der Waals surface area contributed by atoms with Crippen LogP contribution >= 0.6 is 0 Å². The van der Waals surface area contributed by atoms with Gasteiger partial charge in [-0.3, -0.25) is 9.78 Å². The summed E-state index contributed by atoms with van der Waals surface area (Å²) in [6.07, 6.45) is 8.05. The molecule has 3 aromatic rings. The molecule has 6 rings (SSSR count). The number of aryl methyl sites for hydroxylation is 1. The molecule has 2 unspecified atom stereocenters. The molecule has 1 fully saturated rings. The van der Waals surface area contributed by atoms with E-state index in [0.717, 1.165) is 59.1 Å². The molecule has 0 N–H and O–H groups in total. The Morgan fingerprint density at radius 1 is 1.11 bits per heavy atom. The monoisotopic (exact) mass is 478 g/mol.